The van der Waals surface area contributed by atoms with E-state index in [1.165, 1.54) is 5.56 Å². The zero-order chi connectivity index (χ0) is 18.4. The van der Waals surface area contributed by atoms with Gasteiger partial charge in [-0.2, -0.15) is 0 Å². The summed E-state index contributed by atoms with van der Waals surface area (Å²) in [6, 6.07) is 18.8. The number of benzene rings is 2. The highest BCUT2D eigenvalue weighted by atomic mass is 35.5. The highest BCUT2D eigenvalue weighted by molar-refractivity contribution is 7.99. The molecule has 132 valence electrons. The Labute approximate surface area is 161 Å². The van der Waals surface area contributed by atoms with Gasteiger partial charge in [0.1, 0.15) is 11.6 Å². The normalized spacial score (nSPS) is 10.4. The fourth-order valence-corrected chi connectivity index (χ4v) is 3.26. The van der Waals surface area contributed by atoms with Gasteiger partial charge in [0.15, 0.2) is 0 Å². The minimum atomic E-state index is -0.539. The number of carbonyl (C=O) groups excluding carboxylic acids is 1. The molecule has 0 unspecified atom stereocenters. The SMILES string of the molecule is Cc1ccc(Sc2ncccc2COC(=O)Nc2cccc(Cl)c2)cc1. The van der Waals surface area contributed by atoms with Crippen molar-refractivity contribution >= 4 is 35.1 Å². The van der Waals surface area contributed by atoms with E-state index in [0.717, 1.165) is 15.5 Å². The van der Waals surface area contributed by atoms with E-state index in [9.17, 15) is 4.79 Å². The smallest absolute Gasteiger partial charge is 0.411 e. The van der Waals surface area contributed by atoms with Crippen LogP contribution in [-0.2, 0) is 11.3 Å². The number of rotatable bonds is 5. The molecule has 0 fully saturated rings. The van der Waals surface area contributed by atoms with Crippen molar-refractivity contribution in [1.82, 2.24) is 4.98 Å². The number of pyridine rings is 1. The van der Waals surface area contributed by atoms with Gasteiger partial charge in [0.05, 0.1) is 0 Å². The first-order chi connectivity index (χ1) is 12.6. The minimum Gasteiger partial charge on any atom is -0.444 e. The largest absolute Gasteiger partial charge is 0.444 e. The van der Waals surface area contributed by atoms with Crippen molar-refractivity contribution in [2.45, 2.75) is 23.5 Å². The van der Waals surface area contributed by atoms with E-state index < -0.39 is 6.09 Å². The van der Waals surface area contributed by atoms with Gasteiger partial charge < -0.3 is 4.74 Å². The van der Waals surface area contributed by atoms with Gasteiger partial charge in [-0.15, -0.1) is 0 Å². The van der Waals surface area contributed by atoms with Crippen molar-refractivity contribution in [3.63, 3.8) is 0 Å². The van der Waals surface area contributed by atoms with E-state index in [1.807, 2.05) is 31.2 Å². The first kappa shape index (κ1) is 18.3. The van der Waals surface area contributed by atoms with Crippen LogP contribution in [0, 0.1) is 6.92 Å². The number of aromatic nitrogens is 1. The van der Waals surface area contributed by atoms with E-state index in [2.05, 4.69) is 22.4 Å². The van der Waals surface area contributed by atoms with Crippen LogP contribution in [0.5, 0.6) is 0 Å². The molecular formula is C20H17ClN2O2S. The molecule has 1 aromatic heterocycles. The highest BCUT2D eigenvalue weighted by Crippen LogP contribution is 2.29. The van der Waals surface area contributed by atoms with Crippen LogP contribution in [0.2, 0.25) is 5.02 Å². The van der Waals surface area contributed by atoms with Crippen LogP contribution in [0.15, 0.2) is 76.8 Å². The molecule has 0 spiro atoms. The Morgan fingerprint density at radius 2 is 1.96 bits per heavy atom. The molecule has 6 heteroatoms. The first-order valence-electron chi connectivity index (χ1n) is 7.98. The maximum atomic E-state index is 12.0. The molecule has 0 aliphatic carbocycles. The third kappa shape index (κ3) is 5.25. The molecule has 0 saturated carbocycles. The van der Waals surface area contributed by atoms with Crippen LogP contribution in [0.3, 0.4) is 0 Å². The Balaban J connectivity index is 1.62. The lowest BCUT2D eigenvalue weighted by Gasteiger charge is -2.10. The molecule has 3 rings (SSSR count). The van der Waals surface area contributed by atoms with E-state index >= 15 is 0 Å². The van der Waals surface area contributed by atoms with Crippen LogP contribution < -0.4 is 5.32 Å². The van der Waals surface area contributed by atoms with Crippen LogP contribution in [-0.4, -0.2) is 11.1 Å². The third-order valence-electron chi connectivity index (χ3n) is 3.52. The molecule has 26 heavy (non-hydrogen) atoms. The molecule has 2 aromatic carbocycles. The Hall–Kier alpha value is -2.50. The van der Waals surface area contributed by atoms with Crippen molar-refractivity contribution in [1.29, 1.82) is 0 Å². The number of hydrogen-bond donors (Lipinski definition) is 1. The minimum absolute atomic E-state index is 0.133. The van der Waals surface area contributed by atoms with Crippen molar-refractivity contribution in [2.24, 2.45) is 0 Å². The number of amides is 1. The lowest BCUT2D eigenvalue weighted by molar-refractivity contribution is 0.154. The van der Waals surface area contributed by atoms with Gasteiger partial charge in [-0.1, -0.05) is 53.2 Å². The Morgan fingerprint density at radius 1 is 1.15 bits per heavy atom. The summed E-state index contributed by atoms with van der Waals surface area (Å²) in [5.41, 5.74) is 2.64. The van der Waals surface area contributed by atoms with Gasteiger partial charge in [-0.25, -0.2) is 9.78 Å². The zero-order valence-electron chi connectivity index (χ0n) is 14.1. The van der Waals surface area contributed by atoms with E-state index in [1.54, 1.807) is 42.2 Å². The number of halogens is 1. The fourth-order valence-electron chi connectivity index (χ4n) is 2.21. The second-order valence-electron chi connectivity index (χ2n) is 5.59. The van der Waals surface area contributed by atoms with Crippen molar-refractivity contribution in [2.75, 3.05) is 5.32 Å². The number of nitrogens with one attached hydrogen (secondary N) is 1. The average molecular weight is 385 g/mol. The predicted molar refractivity (Wildman–Crippen MR) is 105 cm³/mol. The number of nitrogens with zero attached hydrogens (tertiary/aromatic N) is 1. The quantitative estimate of drug-likeness (QED) is 0.591. The standard InChI is InChI=1S/C20H17ClN2O2S/c1-14-7-9-18(10-8-14)26-19-15(4-3-11-22-19)13-25-20(24)23-17-6-2-5-16(21)12-17/h2-12H,13H2,1H3,(H,23,24). The van der Waals surface area contributed by atoms with Crippen LogP contribution >= 0.6 is 23.4 Å². The van der Waals surface area contributed by atoms with E-state index in [4.69, 9.17) is 16.3 Å². The molecule has 0 aliphatic rings. The summed E-state index contributed by atoms with van der Waals surface area (Å²) in [4.78, 5) is 17.5. The molecule has 0 saturated heterocycles. The summed E-state index contributed by atoms with van der Waals surface area (Å²) in [5, 5.41) is 4.02. The molecule has 1 heterocycles. The molecule has 0 radical (unpaired) electrons. The Bertz CT molecular complexity index is 900. The number of aryl methyl sites for hydroxylation is 1. The summed E-state index contributed by atoms with van der Waals surface area (Å²) in [6.45, 7) is 2.18. The van der Waals surface area contributed by atoms with Gasteiger partial charge in [-0.05, 0) is 43.3 Å². The second-order valence-corrected chi connectivity index (χ2v) is 7.09. The summed E-state index contributed by atoms with van der Waals surface area (Å²) in [6.07, 6.45) is 1.19. The maximum Gasteiger partial charge on any atom is 0.411 e. The van der Waals surface area contributed by atoms with Crippen molar-refractivity contribution < 1.29 is 9.53 Å². The summed E-state index contributed by atoms with van der Waals surface area (Å²) in [5.74, 6) is 0. The predicted octanol–water partition coefficient (Wildman–Crippen LogP) is 5.94. The molecule has 1 amide bonds. The number of hydrogen-bond acceptors (Lipinski definition) is 4. The summed E-state index contributed by atoms with van der Waals surface area (Å²) >= 11 is 7.45. The summed E-state index contributed by atoms with van der Waals surface area (Å²) in [7, 11) is 0. The first-order valence-corrected chi connectivity index (χ1v) is 9.17. The number of anilines is 1. The van der Waals surface area contributed by atoms with Crippen LogP contribution in [0.25, 0.3) is 0 Å². The molecule has 3 aromatic rings. The summed E-state index contributed by atoms with van der Waals surface area (Å²) < 4.78 is 5.32. The van der Waals surface area contributed by atoms with Gasteiger partial charge in [0.25, 0.3) is 0 Å². The third-order valence-corrected chi connectivity index (χ3v) is 4.82. The Morgan fingerprint density at radius 3 is 2.73 bits per heavy atom. The van der Waals surface area contributed by atoms with Crippen molar-refractivity contribution in [3.05, 3.63) is 83.0 Å². The van der Waals surface area contributed by atoms with Gasteiger partial charge in [0.2, 0.25) is 0 Å². The molecular weight excluding hydrogens is 368 g/mol. The van der Waals surface area contributed by atoms with Gasteiger partial charge in [-0.3, -0.25) is 5.32 Å². The van der Waals surface area contributed by atoms with Gasteiger partial charge in [0, 0.05) is 27.4 Å². The molecule has 4 nitrogen and oxygen atoms in total. The molecule has 0 atom stereocenters. The fraction of sp³-hybridized carbons (Fsp3) is 0.100. The number of carbonyl (C=O) groups is 1. The van der Waals surface area contributed by atoms with Crippen molar-refractivity contribution in [3.8, 4) is 0 Å². The molecule has 0 bridgehead atoms. The van der Waals surface area contributed by atoms with Crippen LogP contribution in [0.1, 0.15) is 11.1 Å². The number of ether oxygens (including phenoxy) is 1. The lowest BCUT2D eigenvalue weighted by Crippen LogP contribution is -2.13. The monoisotopic (exact) mass is 384 g/mol. The second kappa shape index (κ2) is 8.74. The Kier molecular flexibility index (Phi) is 6.15. The maximum absolute atomic E-state index is 12.0. The molecule has 1 N–H and O–H groups in total. The van der Waals surface area contributed by atoms with Gasteiger partial charge >= 0.3 is 6.09 Å². The zero-order valence-corrected chi connectivity index (χ0v) is 15.7. The molecule has 0 aliphatic heterocycles. The lowest BCUT2D eigenvalue weighted by atomic mass is 10.2. The van der Waals surface area contributed by atoms with E-state index in [-0.39, 0.29) is 6.61 Å². The van der Waals surface area contributed by atoms with Crippen LogP contribution in [0.4, 0.5) is 10.5 Å². The van der Waals surface area contributed by atoms with E-state index in [0.29, 0.717) is 10.7 Å². The highest BCUT2D eigenvalue weighted by Gasteiger charge is 2.09. The average Bonchev–Trinajstić information content (AvgIpc) is 2.63. The topological polar surface area (TPSA) is 51.2 Å².